The van der Waals surface area contributed by atoms with Gasteiger partial charge in [0.1, 0.15) is 11.5 Å². The summed E-state index contributed by atoms with van der Waals surface area (Å²) in [6.07, 6.45) is 0. The molecule has 0 aliphatic heterocycles. The minimum Gasteiger partial charge on any atom is -0.497 e. The van der Waals surface area contributed by atoms with Crippen LogP contribution in [-0.2, 0) is 0 Å². The van der Waals surface area contributed by atoms with Gasteiger partial charge in [-0.1, -0.05) is 22.8 Å². The van der Waals surface area contributed by atoms with Gasteiger partial charge in [0.25, 0.3) is 5.91 Å². The quantitative estimate of drug-likeness (QED) is 0.754. The van der Waals surface area contributed by atoms with Crippen LogP contribution in [0.25, 0.3) is 11.5 Å². The van der Waals surface area contributed by atoms with Gasteiger partial charge >= 0.3 is 6.01 Å². The van der Waals surface area contributed by atoms with E-state index in [4.69, 9.17) is 13.9 Å². The molecular weight excluding hydrogens is 334 g/mol. The minimum atomic E-state index is -0.416. The third-order valence-corrected chi connectivity index (χ3v) is 3.92. The monoisotopic (exact) mass is 353 g/mol. The molecule has 1 N–H and O–H groups in total. The molecule has 3 rings (SSSR count). The van der Waals surface area contributed by atoms with Crippen molar-refractivity contribution < 1.29 is 18.7 Å². The fourth-order valence-corrected chi connectivity index (χ4v) is 2.50. The number of amides is 1. The molecule has 0 fully saturated rings. The van der Waals surface area contributed by atoms with Crippen molar-refractivity contribution >= 4 is 11.9 Å². The molecule has 0 saturated carbocycles. The third kappa shape index (κ3) is 3.51. The van der Waals surface area contributed by atoms with Gasteiger partial charge in [-0.05, 0) is 37.6 Å². The van der Waals surface area contributed by atoms with Gasteiger partial charge in [-0.25, -0.2) is 0 Å². The Morgan fingerprint density at radius 1 is 1.04 bits per heavy atom. The maximum atomic E-state index is 12.5. The normalized spacial score (nSPS) is 10.5. The van der Waals surface area contributed by atoms with Crippen molar-refractivity contribution in [1.82, 2.24) is 10.2 Å². The minimum absolute atomic E-state index is 0.0174. The SMILES string of the molecule is COc1ccc(C(=O)Nc2nnc(-c3cc(C)ccc3C)o2)c(OC)c1. The molecule has 0 aliphatic carbocycles. The van der Waals surface area contributed by atoms with E-state index in [1.165, 1.54) is 7.11 Å². The smallest absolute Gasteiger partial charge is 0.322 e. The first-order valence-electron chi connectivity index (χ1n) is 7.96. The van der Waals surface area contributed by atoms with Crippen LogP contribution < -0.4 is 14.8 Å². The molecule has 0 spiro atoms. The molecule has 0 aliphatic rings. The van der Waals surface area contributed by atoms with Gasteiger partial charge in [-0.2, -0.15) is 0 Å². The average molecular weight is 353 g/mol. The first-order chi connectivity index (χ1) is 12.5. The number of carbonyl (C=O) groups excluding carboxylic acids is 1. The number of aromatic nitrogens is 2. The number of carbonyl (C=O) groups is 1. The van der Waals surface area contributed by atoms with Crippen LogP contribution in [0.2, 0.25) is 0 Å². The molecule has 3 aromatic rings. The molecule has 1 amide bonds. The highest BCUT2D eigenvalue weighted by Crippen LogP contribution is 2.27. The fraction of sp³-hybridized carbons (Fsp3) is 0.211. The number of methoxy groups -OCH3 is 2. The Balaban J connectivity index is 1.83. The highest BCUT2D eigenvalue weighted by molar-refractivity contribution is 6.05. The van der Waals surface area contributed by atoms with E-state index in [0.717, 1.165) is 16.7 Å². The number of nitrogens with one attached hydrogen (secondary N) is 1. The van der Waals surface area contributed by atoms with Crippen molar-refractivity contribution in [2.75, 3.05) is 19.5 Å². The van der Waals surface area contributed by atoms with Gasteiger partial charge in [-0.3, -0.25) is 10.1 Å². The first-order valence-corrected chi connectivity index (χ1v) is 7.96. The number of ether oxygens (including phenoxy) is 2. The van der Waals surface area contributed by atoms with E-state index in [1.807, 2.05) is 32.0 Å². The lowest BCUT2D eigenvalue weighted by molar-refractivity contribution is 0.102. The molecular formula is C19H19N3O4. The molecule has 26 heavy (non-hydrogen) atoms. The molecule has 2 aromatic carbocycles. The Morgan fingerprint density at radius 3 is 2.58 bits per heavy atom. The summed E-state index contributed by atoms with van der Waals surface area (Å²) in [7, 11) is 3.03. The van der Waals surface area contributed by atoms with Gasteiger partial charge in [0.05, 0.1) is 19.8 Å². The predicted octanol–water partition coefficient (Wildman–Crippen LogP) is 3.62. The number of anilines is 1. The van der Waals surface area contributed by atoms with E-state index >= 15 is 0 Å². The van der Waals surface area contributed by atoms with Crippen molar-refractivity contribution in [3.63, 3.8) is 0 Å². The van der Waals surface area contributed by atoms with Crippen LogP contribution in [0.3, 0.4) is 0 Å². The molecule has 1 heterocycles. The first kappa shape index (κ1) is 17.5. The van der Waals surface area contributed by atoms with Crippen molar-refractivity contribution in [2.45, 2.75) is 13.8 Å². The second kappa shape index (κ2) is 7.26. The van der Waals surface area contributed by atoms with Crippen molar-refractivity contribution in [1.29, 1.82) is 0 Å². The van der Waals surface area contributed by atoms with E-state index in [1.54, 1.807) is 25.3 Å². The van der Waals surface area contributed by atoms with E-state index < -0.39 is 5.91 Å². The van der Waals surface area contributed by atoms with Crippen LogP contribution in [0.15, 0.2) is 40.8 Å². The van der Waals surface area contributed by atoms with Crippen LogP contribution >= 0.6 is 0 Å². The topological polar surface area (TPSA) is 86.5 Å². The zero-order valence-electron chi connectivity index (χ0n) is 15.0. The molecule has 0 unspecified atom stereocenters. The molecule has 0 atom stereocenters. The highest BCUT2D eigenvalue weighted by Gasteiger charge is 2.17. The average Bonchev–Trinajstić information content (AvgIpc) is 3.11. The van der Waals surface area contributed by atoms with Crippen molar-refractivity contribution in [3.05, 3.63) is 53.1 Å². The van der Waals surface area contributed by atoms with E-state index in [0.29, 0.717) is 23.0 Å². The maximum absolute atomic E-state index is 12.5. The zero-order chi connectivity index (χ0) is 18.7. The van der Waals surface area contributed by atoms with E-state index in [-0.39, 0.29) is 6.01 Å². The second-order valence-corrected chi connectivity index (χ2v) is 5.75. The van der Waals surface area contributed by atoms with Crippen molar-refractivity contribution in [2.24, 2.45) is 0 Å². The summed E-state index contributed by atoms with van der Waals surface area (Å²) in [6.45, 7) is 3.94. The summed E-state index contributed by atoms with van der Waals surface area (Å²) in [5.41, 5.74) is 3.26. The number of hydrogen-bond acceptors (Lipinski definition) is 6. The Bertz CT molecular complexity index is 950. The zero-order valence-corrected chi connectivity index (χ0v) is 15.0. The van der Waals surface area contributed by atoms with Gasteiger partial charge in [0.2, 0.25) is 5.89 Å². The van der Waals surface area contributed by atoms with Crippen LogP contribution in [0.5, 0.6) is 11.5 Å². The molecule has 0 bridgehead atoms. The van der Waals surface area contributed by atoms with E-state index in [2.05, 4.69) is 15.5 Å². The summed E-state index contributed by atoms with van der Waals surface area (Å²) in [5.74, 6) is 0.911. The number of rotatable bonds is 5. The number of nitrogens with zero attached hydrogens (tertiary/aromatic N) is 2. The lowest BCUT2D eigenvalue weighted by atomic mass is 10.1. The molecule has 1 aromatic heterocycles. The van der Waals surface area contributed by atoms with E-state index in [9.17, 15) is 4.79 Å². The lowest BCUT2D eigenvalue weighted by Crippen LogP contribution is -2.13. The fourth-order valence-electron chi connectivity index (χ4n) is 2.50. The van der Waals surface area contributed by atoms with Crippen LogP contribution in [0.1, 0.15) is 21.5 Å². The van der Waals surface area contributed by atoms with Gasteiger partial charge in [-0.15, -0.1) is 5.10 Å². The molecule has 0 saturated heterocycles. The summed E-state index contributed by atoms with van der Waals surface area (Å²) in [4.78, 5) is 12.5. The van der Waals surface area contributed by atoms with Crippen molar-refractivity contribution in [3.8, 4) is 23.0 Å². The molecule has 7 nitrogen and oxygen atoms in total. The van der Waals surface area contributed by atoms with Crippen LogP contribution in [0, 0.1) is 13.8 Å². The standard InChI is InChI=1S/C19H19N3O4/c1-11-5-6-12(2)15(9-11)18-21-22-19(26-18)20-17(23)14-8-7-13(24-3)10-16(14)25-4/h5-10H,1-4H3,(H,20,22,23). The van der Waals surface area contributed by atoms with Crippen LogP contribution in [0.4, 0.5) is 6.01 Å². The summed E-state index contributed by atoms with van der Waals surface area (Å²) < 4.78 is 16.0. The highest BCUT2D eigenvalue weighted by atomic mass is 16.5. The van der Waals surface area contributed by atoms with Gasteiger partial charge in [0.15, 0.2) is 0 Å². The second-order valence-electron chi connectivity index (χ2n) is 5.75. The Hall–Kier alpha value is -3.35. The lowest BCUT2D eigenvalue weighted by Gasteiger charge is -2.09. The summed E-state index contributed by atoms with van der Waals surface area (Å²) in [5, 5.41) is 10.5. The van der Waals surface area contributed by atoms with Gasteiger partial charge in [0, 0.05) is 11.6 Å². The number of hydrogen-bond donors (Lipinski definition) is 1. The maximum Gasteiger partial charge on any atom is 0.322 e. The number of benzene rings is 2. The molecule has 0 radical (unpaired) electrons. The Morgan fingerprint density at radius 2 is 1.85 bits per heavy atom. The summed E-state index contributed by atoms with van der Waals surface area (Å²) in [6, 6.07) is 10.9. The largest absolute Gasteiger partial charge is 0.497 e. The predicted molar refractivity (Wildman–Crippen MR) is 96.7 cm³/mol. The van der Waals surface area contributed by atoms with Crippen LogP contribution in [-0.4, -0.2) is 30.3 Å². The molecule has 7 heteroatoms. The third-order valence-electron chi connectivity index (χ3n) is 3.92. The molecule has 134 valence electrons. The van der Waals surface area contributed by atoms with Gasteiger partial charge < -0.3 is 13.9 Å². The Kier molecular flexibility index (Phi) is 4.88. The Labute approximate surface area is 151 Å². The number of aryl methyl sites for hydroxylation is 2. The summed E-state index contributed by atoms with van der Waals surface area (Å²) >= 11 is 0.